The molecule has 7 nitrogen and oxygen atoms in total. The maximum atomic E-state index is 12.7. The number of carboxylic acids is 1. The number of rotatable bonds is 7. The van der Waals surface area contributed by atoms with Crippen LogP contribution in [0.3, 0.4) is 0 Å². The van der Waals surface area contributed by atoms with Crippen molar-refractivity contribution < 1.29 is 29.4 Å². The van der Waals surface area contributed by atoms with E-state index in [-0.39, 0.29) is 5.56 Å². The van der Waals surface area contributed by atoms with Crippen molar-refractivity contribution in [1.29, 1.82) is 0 Å². The number of hydrogen-bond donors (Lipinski definition) is 2. The van der Waals surface area contributed by atoms with Crippen molar-refractivity contribution in [1.82, 2.24) is 5.06 Å². The maximum absolute atomic E-state index is 12.7. The number of ether oxygens (including phenoxy) is 1. The average Bonchev–Trinajstić information content (AvgIpc) is 2.61. The van der Waals surface area contributed by atoms with E-state index in [9.17, 15) is 9.59 Å². The Morgan fingerprint density at radius 2 is 1.80 bits per heavy atom. The molecule has 0 bridgehead atoms. The van der Waals surface area contributed by atoms with Gasteiger partial charge in [-0.25, -0.2) is 4.79 Å². The Labute approximate surface area is 145 Å². The monoisotopic (exact) mass is 345 g/mol. The van der Waals surface area contributed by atoms with E-state index in [0.29, 0.717) is 11.3 Å². The molecular formula is C18H19NO6. The number of aliphatic hydroxyl groups is 1. The van der Waals surface area contributed by atoms with Gasteiger partial charge in [0.05, 0.1) is 13.7 Å². The fourth-order valence-corrected chi connectivity index (χ4v) is 2.36. The van der Waals surface area contributed by atoms with Crippen LogP contribution in [-0.4, -0.2) is 54.0 Å². The van der Waals surface area contributed by atoms with Crippen LogP contribution in [0.25, 0.3) is 11.1 Å². The zero-order valence-electron chi connectivity index (χ0n) is 13.9. The van der Waals surface area contributed by atoms with E-state index < -0.39 is 24.6 Å². The lowest BCUT2D eigenvalue weighted by Gasteiger charge is -2.22. The number of benzene rings is 2. The highest BCUT2D eigenvalue weighted by Gasteiger charge is 2.28. The van der Waals surface area contributed by atoms with Crippen LogP contribution in [-0.2, 0) is 9.63 Å². The van der Waals surface area contributed by atoms with Gasteiger partial charge in [-0.1, -0.05) is 42.5 Å². The summed E-state index contributed by atoms with van der Waals surface area (Å²) in [7, 11) is 2.70. The number of methoxy groups -OCH3 is 1. The minimum atomic E-state index is -1.36. The van der Waals surface area contributed by atoms with Crippen LogP contribution in [0.4, 0.5) is 0 Å². The van der Waals surface area contributed by atoms with Gasteiger partial charge in [0.1, 0.15) is 11.3 Å². The van der Waals surface area contributed by atoms with Gasteiger partial charge >= 0.3 is 11.9 Å². The van der Waals surface area contributed by atoms with Gasteiger partial charge < -0.3 is 19.8 Å². The smallest absolute Gasteiger partial charge is 0.361 e. The van der Waals surface area contributed by atoms with Gasteiger partial charge in [-0.3, -0.25) is 4.79 Å². The van der Waals surface area contributed by atoms with Gasteiger partial charge in [0, 0.05) is 12.6 Å². The van der Waals surface area contributed by atoms with Gasteiger partial charge in [-0.15, -0.1) is 5.06 Å². The van der Waals surface area contributed by atoms with Crippen LogP contribution in [0.5, 0.6) is 5.75 Å². The molecule has 2 aromatic carbocycles. The van der Waals surface area contributed by atoms with Crippen LogP contribution in [0.15, 0.2) is 48.5 Å². The molecule has 2 N–H and O–H groups in total. The highest BCUT2D eigenvalue weighted by Crippen LogP contribution is 2.31. The predicted molar refractivity (Wildman–Crippen MR) is 90.1 cm³/mol. The molecule has 132 valence electrons. The molecule has 0 radical (unpaired) electrons. The van der Waals surface area contributed by atoms with E-state index in [4.69, 9.17) is 19.8 Å². The van der Waals surface area contributed by atoms with Crippen LogP contribution in [0.1, 0.15) is 10.4 Å². The van der Waals surface area contributed by atoms with E-state index in [1.54, 1.807) is 18.2 Å². The summed E-state index contributed by atoms with van der Waals surface area (Å²) in [6, 6.07) is 12.9. The Kier molecular flexibility index (Phi) is 6.10. The van der Waals surface area contributed by atoms with E-state index >= 15 is 0 Å². The topological polar surface area (TPSA) is 96.3 Å². The molecule has 0 heterocycles. The van der Waals surface area contributed by atoms with E-state index in [1.807, 2.05) is 30.3 Å². The molecule has 0 fully saturated rings. The second-order valence-electron chi connectivity index (χ2n) is 5.21. The first-order valence-electron chi connectivity index (χ1n) is 7.50. The van der Waals surface area contributed by atoms with E-state index in [0.717, 1.165) is 10.6 Å². The summed E-state index contributed by atoms with van der Waals surface area (Å²) in [6.07, 6.45) is 0. The highest BCUT2D eigenvalue weighted by molar-refractivity contribution is 6.00. The number of hydrogen-bond acceptors (Lipinski definition) is 6. The second kappa shape index (κ2) is 8.27. The summed E-state index contributed by atoms with van der Waals surface area (Å²) in [6.45, 7) is -0.698. The van der Waals surface area contributed by atoms with Crippen molar-refractivity contribution in [3.05, 3.63) is 54.1 Å². The largest absolute Gasteiger partial charge is 0.496 e. The minimum Gasteiger partial charge on any atom is -0.496 e. The lowest BCUT2D eigenvalue weighted by Crippen LogP contribution is -2.42. The van der Waals surface area contributed by atoms with E-state index in [1.165, 1.54) is 14.2 Å². The number of carbonyl (C=O) groups is 2. The summed E-state index contributed by atoms with van der Waals surface area (Å²) in [4.78, 5) is 28.9. The van der Waals surface area contributed by atoms with Crippen LogP contribution >= 0.6 is 0 Å². The third-order valence-electron chi connectivity index (χ3n) is 3.66. The quantitative estimate of drug-likeness (QED) is 0.739. The third kappa shape index (κ3) is 4.14. The lowest BCUT2D eigenvalue weighted by molar-refractivity contribution is -0.168. The molecule has 0 unspecified atom stereocenters. The van der Waals surface area contributed by atoms with Crippen molar-refractivity contribution in [3.63, 3.8) is 0 Å². The average molecular weight is 345 g/mol. The molecule has 0 aromatic heterocycles. The first-order chi connectivity index (χ1) is 12.0. The number of carboxylic acid groups (broad SMARTS) is 1. The molecule has 25 heavy (non-hydrogen) atoms. The Morgan fingerprint density at radius 3 is 2.36 bits per heavy atom. The standard InChI is InChI=1S/C18H19NO6/c1-19(14(11-20)17(21)22)25-18(23)16-13(9-6-10-15(16)24-2)12-7-4-3-5-8-12/h3-10,14,20H,11H2,1-2H3,(H,21,22)/t14-/m0/s1. The second-order valence-corrected chi connectivity index (χ2v) is 5.21. The van der Waals surface area contributed by atoms with E-state index in [2.05, 4.69) is 0 Å². The number of aliphatic carboxylic acids is 1. The number of hydroxylamine groups is 2. The van der Waals surface area contributed by atoms with Crippen molar-refractivity contribution in [2.24, 2.45) is 0 Å². The number of carbonyl (C=O) groups excluding carboxylic acids is 1. The van der Waals surface area contributed by atoms with Crippen LogP contribution < -0.4 is 4.74 Å². The Morgan fingerprint density at radius 1 is 1.12 bits per heavy atom. The van der Waals surface area contributed by atoms with Gasteiger partial charge in [-0.2, -0.15) is 0 Å². The summed E-state index contributed by atoms with van der Waals surface area (Å²) < 4.78 is 5.26. The number of likely N-dealkylation sites (N-methyl/N-ethyl adjacent to an activating group) is 1. The van der Waals surface area contributed by atoms with Crippen molar-refractivity contribution in [2.75, 3.05) is 20.8 Å². The Balaban J connectivity index is 2.40. The fraction of sp³-hybridized carbons (Fsp3) is 0.222. The van der Waals surface area contributed by atoms with Crippen molar-refractivity contribution in [3.8, 4) is 16.9 Å². The van der Waals surface area contributed by atoms with Gasteiger partial charge in [0.25, 0.3) is 0 Å². The summed E-state index contributed by atoms with van der Waals surface area (Å²) >= 11 is 0. The molecule has 0 amide bonds. The third-order valence-corrected chi connectivity index (χ3v) is 3.66. The molecule has 0 saturated heterocycles. The summed E-state index contributed by atoms with van der Waals surface area (Å²) in [5, 5.41) is 19.0. The molecule has 2 rings (SSSR count). The summed E-state index contributed by atoms with van der Waals surface area (Å²) in [5.41, 5.74) is 1.55. The Hall–Kier alpha value is -2.90. The first-order valence-corrected chi connectivity index (χ1v) is 7.50. The predicted octanol–water partition coefficient (Wildman–Crippen LogP) is 1.81. The van der Waals surface area contributed by atoms with Gasteiger partial charge in [-0.05, 0) is 11.6 Å². The van der Waals surface area contributed by atoms with Crippen molar-refractivity contribution in [2.45, 2.75) is 6.04 Å². The molecule has 7 heteroatoms. The normalized spacial score (nSPS) is 11.8. The fourth-order valence-electron chi connectivity index (χ4n) is 2.36. The molecule has 0 spiro atoms. The maximum Gasteiger partial charge on any atom is 0.361 e. The molecule has 1 atom stereocenters. The highest BCUT2D eigenvalue weighted by atomic mass is 16.7. The van der Waals surface area contributed by atoms with Crippen LogP contribution in [0, 0.1) is 0 Å². The Bertz CT molecular complexity index is 746. The SMILES string of the molecule is COc1cccc(-c2ccccc2)c1C(=O)ON(C)[C@@H](CO)C(=O)O. The molecule has 0 aliphatic carbocycles. The molecule has 0 saturated carbocycles. The summed E-state index contributed by atoms with van der Waals surface area (Å²) in [5.74, 6) is -1.78. The van der Waals surface area contributed by atoms with Gasteiger partial charge in [0.15, 0.2) is 6.04 Å². The molecule has 2 aromatic rings. The zero-order chi connectivity index (χ0) is 18.4. The molecular weight excluding hydrogens is 326 g/mol. The first kappa shape index (κ1) is 18.4. The molecule has 0 aliphatic rings. The van der Waals surface area contributed by atoms with Crippen molar-refractivity contribution >= 4 is 11.9 Å². The lowest BCUT2D eigenvalue weighted by atomic mass is 9.99. The van der Waals surface area contributed by atoms with Gasteiger partial charge in [0.2, 0.25) is 0 Å². The number of nitrogens with zero attached hydrogens (tertiary/aromatic N) is 1. The zero-order valence-corrected chi connectivity index (χ0v) is 13.9. The minimum absolute atomic E-state index is 0.171. The molecule has 0 aliphatic heterocycles. The number of aliphatic hydroxyl groups excluding tert-OH is 1. The van der Waals surface area contributed by atoms with Crippen LogP contribution in [0.2, 0.25) is 0 Å².